The van der Waals surface area contributed by atoms with Gasteiger partial charge in [-0.05, 0) is 49.6 Å². The van der Waals surface area contributed by atoms with Crippen molar-refractivity contribution in [3.63, 3.8) is 0 Å². The molecule has 1 saturated carbocycles. The smallest absolute Gasteiger partial charge is 0.251 e. The minimum atomic E-state index is -0.0503. The van der Waals surface area contributed by atoms with Crippen LogP contribution in [-0.2, 0) is 0 Å². The number of imidazole rings is 1. The van der Waals surface area contributed by atoms with Gasteiger partial charge in [-0.25, -0.2) is 15.0 Å². The van der Waals surface area contributed by atoms with E-state index in [0.717, 1.165) is 29.7 Å². The predicted octanol–water partition coefficient (Wildman–Crippen LogP) is 3.08. The molecule has 0 radical (unpaired) electrons. The van der Waals surface area contributed by atoms with E-state index in [0.29, 0.717) is 28.6 Å². The van der Waals surface area contributed by atoms with Crippen LogP contribution in [0, 0.1) is 6.92 Å². The normalized spacial score (nSPS) is 13.6. The Balaban J connectivity index is 1.71. The molecule has 5 rings (SSSR count). The summed E-state index contributed by atoms with van der Waals surface area (Å²) in [5.74, 6) is 0.664. The fourth-order valence-corrected chi connectivity index (χ4v) is 3.24. The molecule has 0 bridgehead atoms. The molecule has 3 aromatic heterocycles. The number of fused-ring (bicyclic) bond motifs is 1. The Labute approximate surface area is 161 Å². The molecule has 7 nitrogen and oxygen atoms in total. The maximum Gasteiger partial charge on any atom is 0.251 e. The van der Waals surface area contributed by atoms with Crippen LogP contribution in [0.4, 0.5) is 0 Å². The molecule has 28 heavy (non-hydrogen) atoms. The molecule has 0 atom stereocenters. The van der Waals surface area contributed by atoms with E-state index in [-0.39, 0.29) is 5.91 Å². The number of aromatic nitrogens is 5. The van der Waals surface area contributed by atoms with Gasteiger partial charge in [0.25, 0.3) is 5.91 Å². The molecule has 1 N–H and O–H groups in total. The third-order valence-corrected chi connectivity index (χ3v) is 4.87. The van der Waals surface area contributed by atoms with Gasteiger partial charge in [0.05, 0.1) is 11.9 Å². The van der Waals surface area contributed by atoms with Gasteiger partial charge in [0.15, 0.2) is 5.65 Å². The van der Waals surface area contributed by atoms with E-state index in [1.807, 2.05) is 41.8 Å². The largest absolute Gasteiger partial charge is 0.349 e. The predicted molar refractivity (Wildman–Crippen MR) is 105 cm³/mol. The summed E-state index contributed by atoms with van der Waals surface area (Å²) in [6.45, 7) is 2.01. The number of carbonyl (C=O) groups excluding carboxylic acids is 1. The van der Waals surface area contributed by atoms with Crippen LogP contribution in [0.25, 0.3) is 28.2 Å². The van der Waals surface area contributed by atoms with Crippen LogP contribution in [0.2, 0.25) is 0 Å². The summed E-state index contributed by atoms with van der Waals surface area (Å²) in [4.78, 5) is 30.1. The molecule has 0 saturated heterocycles. The molecular weight excluding hydrogens is 352 g/mol. The highest BCUT2D eigenvalue weighted by molar-refractivity contribution is 5.95. The highest BCUT2D eigenvalue weighted by Gasteiger charge is 2.24. The summed E-state index contributed by atoms with van der Waals surface area (Å²) in [5.41, 5.74) is 4.76. The molecule has 138 valence electrons. The first-order valence-electron chi connectivity index (χ1n) is 9.21. The lowest BCUT2D eigenvalue weighted by Crippen LogP contribution is -2.25. The topological polar surface area (TPSA) is 85.6 Å². The Morgan fingerprint density at radius 3 is 2.86 bits per heavy atom. The second-order valence-corrected chi connectivity index (χ2v) is 6.99. The van der Waals surface area contributed by atoms with Gasteiger partial charge in [-0.1, -0.05) is 6.07 Å². The molecule has 0 aliphatic heterocycles. The van der Waals surface area contributed by atoms with Gasteiger partial charge in [0.2, 0.25) is 0 Å². The Bertz CT molecular complexity index is 1180. The lowest BCUT2D eigenvalue weighted by atomic mass is 10.1. The maximum absolute atomic E-state index is 12.6. The van der Waals surface area contributed by atoms with Crippen molar-refractivity contribution in [2.75, 3.05) is 0 Å². The number of carbonyl (C=O) groups is 1. The Kier molecular flexibility index (Phi) is 3.86. The first-order valence-corrected chi connectivity index (χ1v) is 9.21. The van der Waals surface area contributed by atoms with Crippen LogP contribution in [0.3, 0.4) is 0 Å². The quantitative estimate of drug-likeness (QED) is 0.597. The molecule has 1 aliphatic carbocycles. The van der Waals surface area contributed by atoms with Crippen LogP contribution in [-0.4, -0.2) is 36.5 Å². The van der Waals surface area contributed by atoms with Gasteiger partial charge in [-0.2, -0.15) is 0 Å². The van der Waals surface area contributed by atoms with E-state index >= 15 is 0 Å². The summed E-state index contributed by atoms with van der Waals surface area (Å²) in [6.07, 6.45) is 8.80. The second-order valence-electron chi connectivity index (χ2n) is 6.99. The summed E-state index contributed by atoms with van der Waals surface area (Å²) < 4.78 is 1.97. The first-order chi connectivity index (χ1) is 13.7. The number of nitrogens with zero attached hydrogens (tertiary/aromatic N) is 5. The number of rotatable bonds is 4. The number of amides is 1. The van der Waals surface area contributed by atoms with Crippen molar-refractivity contribution in [3.8, 4) is 17.1 Å². The summed E-state index contributed by atoms with van der Waals surface area (Å²) in [5, 5.41) is 3.05. The Hall–Kier alpha value is -3.61. The average molecular weight is 370 g/mol. The third kappa shape index (κ3) is 2.90. The van der Waals surface area contributed by atoms with Gasteiger partial charge in [-0.3, -0.25) is 14.3 Å². The number of benzene rings is 1. The number of aryl methyl sites for hydroxylation is 1. The molecular formula is C21H18N6O. The molecule has 0 unspecified atom stereocenters. The molecule has 1 aromatic carbocycles. The highest BCUT2D eigenvalue weighted by Crippen LogP contribution is 2.29. The van der Waals surface area contributed by atoms with E-state index in [9.17, 15) is 4.79 Å². The Morgan fingerprint density at radius 2 is 2.07 bits per heavy atom. The second kappa shape index (κ2) is 6.53. The maximum atomic E-state index is 12.6. The minimum absolute atomic E-state index is 0.0503. The van der Waals surface area contributed by atoms with Crippen molar-refractivity contribution in [2.45, 2.75) is 25.8 Å². The van der Waals surface area contributed by atoms with Crippen molar-refractivity contribution in [3.05, 3.63) is 66.4 Å². The first kappa shape index (κ1) is 16.6. The fraction of sp³-hybridized carbons (Fsp3) is 0.190. The summed E-state index contributed by atoms with van der Waals surface area (Å²) in [6, 6.07) is 9.85. The lowest BCUT2D eigenvalue weighted by molar-refractivity contribution is 0.0951. The van der Waals surface area contributed by atoms with Crippen LogP contribution >= 0.6 is 0 Å². The van der Waals surface area contributed by atoms with Crippen LogP contribution in [0.1, 0.15) is 28.8 Å². The summed E-state index contributed by atoms with van der Waals surface area (Å²) >= 11 is 0. The summed E-state index contributed by atoms with van der Waals surface area (Å²) in [7, 11) is 0. The molecule has 3 heterocycles. The zero-order chi connectivity index (χ0) is 19.1. The van der Waals surface area contributed by atoms with Gasteiger partial charge in [-0.15, -0.1) is 0 Å². The average Bonchev–Trinajstić information content (AvgIpc) is 3.46. The number of nitrogens with one attached hydrogen (secondary N) is 1. The molecule has 1 amide bonds. The van der Waals surface area contributed by atoms with Gasteiger partial charge >= 0.3 is 0 Å². The van der Waals surface area contributed by atoms with Crippen LogP contribution in [0.5, 0.6) is 0 Å². The molecule has 7 heteroatoms. The fourth-order valence-electron chi connectivity index (χ4n) is 3.24. The van der Waals surface area contributed by atoms with Crippen molar-refractivity contribution < 1.29 is 4.79 Å². The van der Waals surface area contributed by atoms with Crippen molar-refractivity contribution >= 4 is 17.1 Å². The SMILES string of the molecule is Cc1ccc(C(=O)NC2CC2)cc1-n1c(-c2cccnc2)nc2cncnc21. The van der Waals surface area contributed by atoms with Gasteiger partial charge < -0.3 is 5.32 Å². The molecule has 0 spiro atoms. The Morgan fingerprint density at radius 1 is 1.18 bits per heavy atom. The van der Waals surface area contributed by atoms with Crippen molar-refractivity contribution in [1.29, 1.82) is 0 Å². The van der Waals surface area contributed by atoms with Gasteiger partial charge in [0.1, 0.15) is 17.7 Å². The monoisotopic (exact) mass is 370 g/mol. The number of hydrogen-bond acceptors (Lipinski definition) is 5. The molecule has 4 aromatic rings. The zero-order valence-electron chi connectivity index (χ0n) is 15.3. The van der Waals surface area contributed by atoms with Crippen molar-refractivity contribution in [2.24, 2.45) is 0 Å². The van der Waals surface area contributed by atoms with Crippen LogP contribution < -0.4 is 5.32 Å². The van der Waals surface area contributed by atoms with Crippen LogP contribution in [0.15, 0.2) is 55.2 Å². The number of pyridine rings is 1. The minimum Gasteiger partial charge on any atom is -0.349 e. The lowest BCUT2D eigenvalue weighted by Gasteiger charge is -2.13. The van der Waals surface area contributed by atoms with E-state index in [1.165, 1.54) is 6.33 Å². The van der Waals surface area contributed by atoms with E-state index < -0.39 is 0 Å². The third-order valence-electron chi connectivity index (χ3n) is 4.87. The van der Waals surface area contributed by atoms with E-state index in [4.69, 9.17) is 4.98 Å². The zero-order valence-corrected chi connectivity index (χ0v) is 15.3. The molecule has 1 fully saturated rings. The van der Waals surface area contributed by atoms with E-state index in [1.54, 1.807) is 18.6 Å². The van der Waals surface area contributed by atoms with Crippen molar-refractivity contribution in [1.82, 2.24) is 29.8 Å². The number of hydrogen-bond donors (Lipinski definition) is 1. The standard InChI is InChI=1S/C21H18N6O/c1-13-4-5-14(21(28)25-16-6-7-16)9-18(13)27-19(15-3-2-8-22-10-15)26-17-11-23-12-24-20(17)27/h2-5,8-12,16H,6-7H2,1H3,(H,25,28). The van der Waals surface area contributed by atoms with E-state index in [2.05, 4.69) is 20.3 Å². The molecule has 1 aliphatic rings. The van der Waals surface area contributed by atoms with Gasteiger partial charge in [0, 0.05) is 29.6 Å². The highest BCUT2D eigenvalue weighted by atomic mass is 16.1.